The first-order valence-corrected chi connectivity index (χ1v) is 7.11. The number of pyridine rings is 1. The number of carbonyl (C=O) groups excluding carboxylic acids is 2. The molecule has 22 heavy (non-hydrogen) atoms. The Morgan fingerprint density at radius 1 is 1.32 bits per heavy atom. The van der Waals surface area contributed by atoms with Crippen molar-refractivity contribution in [2.24, 2.45) is 0 Å². The zero-order valence-corrected chi connectivity index (χ0v) is 12.5. The monoisotopic (exact) mass is 295 g/mol. The number of anilines is 1. The predicted octanol–water partition coefficient (Wildman–Crippen LogP) is 2.24. The standard InChI is InChI=1S/C17H17N3O2/c1-17(2)13-8-12(5-6-14(13)20-16(17)22)15(21)19-10-11-4-3-7-18-9-11/h3-9H,10H2,1-2H3,(H,19,21)(H,20,22). The van der Waals surface area contributed by atoms with Crippen molar-refractivity contribution in [3.63, 3.8) is 0 Å². The van der Waals surface area contributed by atoms with E-state index in [-0.39, 0.29) is 11.8 Å². The van der Waals surface area contributed by atoms with Gasteiger partial charge in [-0.15, -0.1) is 0 Å². The van der Waals surface area contributed by atoms with E-state index >= 15 is 0 Å². The average molecular weight is 295 g/mol. The average Bonchev–Trinajstić information content (AvgIpc) is 2.75. The van der Waals surface area contributed by atoms with Crippen molar-refractivity contribution in [1.82, 2.24) is 10.3 Å². The van der Waals surface area contributed by atoms with Gasteiger partial charge >= 0.3 is 0 Å². The molecule has 0 atom stereocenters. The third kappa shape index (κ3) is 2.45. The molecule has 1 aliphatic rings. The van der Waals surface area contributed by atoms with E-state index in [1.165, 1.54) is 0 Å². The van der Waals surface area contributed by atoms with Crippen LogP contribution >= 0.6 is 0 Å². The Kier molecular flexibility index (Phi) is 3.41. The Hall–Kier alpha value is -2.69. The normalized spacial score (nSPS) is 15.1. The van der Waals surface area contributed by atoms with Gasteiger partial charge in [-0.1, -0.05) is 6.07 Å². The Bertz CT molecular complexity index is 739. The van der Waals surface area contributed by atoms with Crippen LogP contribution in [0.5, 0.6) is 0 Å². The first-order valence-electron chi connectivity index (χ1n) is 7.11. The van der Waals surface area contributed by atoms with Crippen molar-refractivity contribution < 1.29 is 9.59 Å². The number of nitrogens with one attached hydrogen (secondary N) is 2. The van der Waals surface area contributed by atoms with Gasteiger partial charge in [0.05, 0.1) is 5.41 Å². The first kappa shape index (κ1) is 14.3. The van der Waals surface area contributed by atoms with Crippen molar-refractivity contribution in [3.05, 3.63) is 59.4 Å². The molecule has 0 bridgehead atoms. The van der Waals surface area contributed by atoms with Gasteiger partial charge in [-0.25, -0.2) is 0 Å². The van der Waals surface area contributed by atoms with Crippen molar-refractivity contribution in [3.8, 4) is 0 Å². The molecule has 0 fully saturated rings. The number of rotatable bonds is 3. The molecule has 2 heterocycles. The summed E-state index contributed by atoms with van der Waals surface area (Å²) in [6.45, 7) is 4.13. The summed E-state index contributed by atoms with van der Waals surface area (Å²) in [7, 11) is 0. The van der Waals surface area contributed by atoms with Crippen LogP contribution in [-0.4, -0.2) is 16.8 Å². The van der Waals surface area contributed by atoms with Gasteiger partial charge in [0.2, 0.25) is 5.91 Å². The van der Waals surface area contributed by atoms with E-state index in [1.54, 1.807) is 30.6 Å². The van der Waals surface area contributed by atoms with Gasteiger partial charge in [-0.2, -0.15) is 0 Å². The van der Waals surface area contributed by atoms with E-state index in [0.29, 0.717) is 12.1 Å². The molecule has 0 saturated carbocycles. The summed E-state index contributed by atoms with van der Waals surface area (Å²) in [5.41, 5.74) is 2.50. The predicted molar refractivity (Wildman–Crippen MR) is 83.5 cm³/mol. The molecular formula is C17H17N3O2. The Balaban J connectivity index is 1.78. The lowest BCUT2D eigenvalue weighted by molar-refractivity contribution is -0.119. The molecule has 0 spiro atoms. The van der Waals surface area contributed by atoms with Crippen LogP contribution in [0.2, 0.25) is 0 Å². The molecule has 112 valence electrons. The maximum absolute atomic E-state index is 12.3. The molecule has 0 unspecified atom stereocenters. The van der Waals surface area contributed by atoms with Crippen LogP contribution < -0.4 is 10.6 Å². The van der Waals surface area contributed by atoms with E-state index in [4.69, 9.17) is 0 Å². The summed E-state index contributed by atoms with van der Waals surface area (Å²) in [6, 6.07) is 9.02. The maximum Gasteiger partial charge on any atom is 0.251 e. The van der Waals surface area contributed by atoms with E-state index in [0.717, 1.165) is 16.8 Å². The molecule has 5 nitrogen and oxygen atoms in total. The van der Waals surface area contributed by atoms with Gasteiger partial charge in [0.15, 0.2) is 0 Å². The lowest BCUT2D eigenvalue weighted by Crippen LogP contribution is -2.27. The highest BCUT2D eigenvalue weighted by atomic mass is 16.2. The number of benzene rings is 1. The van der Waals surface area contributed by atoms with E-state index in [2.05, 4.69) is 15.6 Å². The van der Waals surface area contributed by atoms with E-state index < -0.39 is 5.41 Å². The topological polar surface area (TPSA) is 71.1 Å². The summed E-state index contributed by atoms with van der Waals surface area (Å²) in [4.78, 5) is 28.2. The third-order valence-electron chi connectivity index (χ3n) is 3.95. The summed E-state index contributed by atoms with van der Waals surface area (Å²) < 4.78 is 0. The molecule has 0 aliphatic carbocycles. The van der Waals surface area contributed by atoms with Gasteiger partial charge < -0.3 is 10.6 Å². The minimum Gasteiger partial charge on any atom is -0.348 e. The number of carbonyl (C=O) groups is 2. The van der Waals surface area contributed by atoms with Crippen LogP contribution in [-0.2, 0) is 16.8 Å². The van der Waals surface area contributed by atoms with Gasteiger partial charge in [0, 0.05) is 30.2 Å². The lowest BCUT2D eigenvalue weighted by Gasteiger charge is -2.15. The van der Waals surface area contributed by atoms with Crippen LogP contribution in [0.4, 0.5) is 5.69 Å². The zero-order chi connectivity index (χ0) is 15.7. The summed E-state index contributed by atoms with van der Waals surface area (Å²) >= 11 is 0. The Labute approximate surface area is 128 Å². The number of fused-ring (bicyclic) bond motifs is 1. The third-order valence-corrected chi connectivity index (χ3v) is 3.95. The second-order valence-corrected chi connectivity index (χ2v) is 5.88. The van der Waals surface area contributed by atoms with Crippen LogP contribution in [0.3, 0.4) is 0 Å². The number of hydrogen-bond donors (Lipinski definition) is 2. The fourth-order valence-corrected chi connectivity index (χ4v) is 2.50. The van der Waals surface area contributed by atoms with Crippen molar-refractivity contribution >= 4 is 17.5 Å². The Morgan fingerprint density at radius 3 is 2.86 bits per heavy atom. The molecule has 2 N–H and O–H groups in total. The number of amides is 2. The van der Waals surface area contributed by atoms with Gasteiger partial charge in [0.25, 0.3) is 5.91 Å². The van der Waals surface area contributed by atoms with Gasteiger partial charge in [-0.3, -0.25) is 14.6 Å². The molecule has 2 amide bonds. The van der Waals surface area contributed by atoms with Crippen LogP contribution in [0.1, 0.15) is 35.3 Å². The number of aromatic nitrogens is 1. The summed E-state index contributed by atoms with van der Waals surface area (Å²) in [5, 5.41) is 5.69. The maximum atomic E-state index is 12.3. The first-order chi connectivity index (χ1) is 10.5. The van der Waals surface area contributed by atoms with Crippen molar-refractivity contribution in [1.29, 1.82) is 0 Å². The second kappa shape index (κ2) is 5.26. The largest absolute Gasteiger partial charge is 0.348 e. The minimum atomic E-state index is -0.616. The number of hydrogen-bond acceptors (Lipinski definition) is 3. The van der Waals surface area contributed by atoms with Gasteiger partial charge in [-0.05, 0) is 49.2 Å². The van der Waals surface area contributed by atoms with E-state index in [1.807, 2.05) is 26.0 Å². The molecule has 2 aromatic rings. The molecule has 5 heteroatoms. The molecule has 1 aliphatic heterocycles. The molecule has 1 aromatic heterocycles. The van der Waals surface area contributed by atoms with E-state index in [9.17, 15) is 9.59 Å². The van der Waals surface area contributed by atoms with Crippen molar-refractivity contribution in [2.45, 2.75) is 25.8 Å². The number of nitrogens with zero attached hydrogens (tertiary/aromatic N) is 1. The quantitative estimate of drug-likeness (QED) is 0.912. The fraction of sp³-hybridized carbons (Fsp3) is 0.235. The Morgan fingerprint density at radius 2 is 2.14 bits per heavy atom. The van der Waals surface area contributed by atoms with Crippen LogP contribution in [0.15, 0.2) is 42.7 Å². The lowest BCUT2D eigenvalue weighted by atomic mass is 9.85. The fourth-order valence-electron chi connectivity index (χ4n) is 2.50. The van der Waals surface area contributed by atoms with Crippen LogP contribution in [0, 0.1) is 0 Å². The minimum absolute atomic E-state index is 0.0459. The molecule has 3 rings (SSSR count). The van der Waals surface area contributed by atoms with Gasteiger partial charge in [0.1, 0.15) is 0 Å². The zero-order valence-electron chi connectivity index (χ0n) is 12.5. The summed E-state index contributed by atoms with van der Waals surface area (Å²) in [5.74, 6) is -0.211. The molecular weight excluding hydrogens is 278 g/mol. The van der Waals surface area contributed by atoms with Crippen LogP contribution in [0.25, 0.3) is 0 Å². The summed E-state index contributed by atoms with van der Waals surface area (Å²) in [6.07, 6.45) is 3.41. The van der Waals surface area contributed by atoms with Crippen molar-refractivity contribution in [2.75, 3.05) is 5.32 Å². The smallest absolute Gasteiger partial charge is 0.251 e. The highest BCUT2D eigenvalue weighted by Crippen LogP contribution is 2.37. The SMILES string of the molecule is CC1(C)C(=O)Nc2ccc(C(=O)NCc3cccnc3)cc21. The molecule has 0 radical (unpaired) electrons. The highest BCUT2D eigenvalue weighted by Gasteiger charge is 2.38. The second-order valence-electron chi connectivity index (χ2n) is 5.88. The molecule has 0 saturated heterocycles. The highest BCUT2D eigenvalue weighted by molar-refractivity contribution is 6.07. The molecule has 1 aromatic carbocycles.